The van der Waals surface area contributed by atoms with Crippen molar-refractivity contribution in [1.29, 1.82) is 0 Å². The number of amides is 1. The third kappa shape index (κ3) is 6.27. The molecule has 2 aromatic heterocycles. The number of nitrogens with one attached hydrogen (secondary N) is 2. The van der Waals surface area contributed by atoms with Gasteiger partial charge in [0.15, 0.2) is 0 Å². The van der Waals surface area contributed by atoms with E-state index in [0.717, 1.165) is 58.2 Å². The van der Waals surface area contributed by atoms with Gasteiger partial charge in [-0.2, -0.15) is 4.98 Å². The van der Waals surface area contributed by atoms with Crippen molar-refractivity contribution in [3.8, 4) is 11.6 Å². The summed E-state index contributed by atoms with van der Waals surface area (Å²) in [4.78, 5) is 31.2. The van der Waals surface area contributed by atoms with Crippen molar-refractivity contribution in [2.24, 2.45) is 0 Å². The molecule has 1 fully saturated rings. The summed E-state index contributed by atoms with van der Waals surface area (Å²) in [5.41, 5.74) is 4.58. The maximum atomic E-state index is 15.2. The van der Waals surface area contributed by atoms with Gasteiger partial charge < -0.3 is 25.2 Å². The molecule has 0 saturated carbocycles. The molecule has 0 unspecified atom stereocenters. The molecule has 2 N–H and O–H groups in total. The van der Waals surface area contributed by atoms with Gasteiger partial charge in [0.2, 0.25) is 11.8 Å². The van der Waals surface area contributed by atoms with E-state index in [2.05, 4.69) is 37.5 Å². The molecular formula is C32H32FN7O2S. The van der Waals surface area contributed by atoms with Crippen LogP contribution in [0.15, 0.2) is 60.8 Å². The van der Waals surface area contributed by atoms with Crippen LogP contribution in [-0.2, 0) is 0 Å². The van der Waals surface area contributed by atoms with Crippen molar-refractivity contribution >= 4 is 50.5 Å². The van der Waals surface area contributed by atoms with Crippen LogP contribution in [0.3, 0.4) is 0 Å². The lowest BCUT2D eigenvalue weighted by molar-refractivity contribution is 0.102. The quantitative estimate of drug-likeness (QED) is 0.214. The first kappa shape index (κ1) is 28.5. The van der Waals surface area contributed by atoms with Gasteiger partial charge in [-0.15, -0.1) is 11.3 Å². The minimum Gasteiger partial charge on any atom is -0.438 e. The van der Waals surface area contributed by atoms with E-state index in [4.69, 9.17) is 4.74 Å². The molecule has 0 spiro atoms. The topological polar surface area (TPSA) is 95.5 Å². The van der Waals surface area contributed by atoms with Gasteiger partial charge in [0.25, 0.3) is 5.91 Å². The summed E-state index contributed by atoms with van der Waals surface area (Å²) in [6, 6.07) is 16.3. The van der Waals surface area contributed by atoms with Crippen LogP contribution in [-0.4, -0.2) is 59.0 Å². The molecular weight excluding hydrogens is 565 g/mol. The first-order valence-electron chi connectivity index (χ1n) is 14.0. The van der Waals surface area contributed by atoms with Gasteiger partial charge in [0.05, 0.1) is 20.9 Å². The monoisotopic (exact) mass is 597 g/mol. The average Bonchev–Trinajstić information content (AvgIpc) is 3.35. The highest BCUT2D eigenvalue weighted by molar-refractivity contribution is 7.18. The number of thiazole rings is 1. The second-order valence-electron chi connectivity index (χ2n) is 10.7. The molecule has 6 rings (SSSR count). The van der Waals surface area contributed by atoms with Crippen LogP contribution in [0, 0.1) is 26.6 Å². The van der Waals surface area contributed by atoms with E-state index in [9.17, 15) is 4.79 Å². The molecule has 0 bridgehead atoms. The van der Waals surface area contributed by atoms with Crippen molar-refractivity contribution in [1.82, 2.24) is 19.9 Å². The standard InChI is InChI=1S/C32H32FN7O2S/c1-19-6-5-7-20(2)29(19)37-30(41)24-18-34-32(38-31(24)42-23-9-11-28-26(17-23)35-21(3)43-28)36-22-8-10-27(25(33)16-22)40-14-12-39(4)13-15-40/h5-11,16-18H,12-15H2,1-4H3,(H,37,41)(H,34,36,38). The molecule has 3 aromatic carbocycles. The fraction of sp³-hybridized carbons (Fsp3) is 0.250. The molecule has 220 valence electrons. The Morgan fingerprint density at radius 3 is 2.49 bits per heavy atom. The van der Waals surface area contributed by atoms with E-state index in [-0.39, 0.29) is 23.2 Å². The number of ether oxygens (including phenoxy) is 1. The van der Waals surface area contributed by atoms with Gasteiger partial charge in [-0.25, -0.2) is 14.4 Å². The number of halogens is 1. The zero-order chi connectivity index (χ0) is 30.1. The summed E-state index contributed by atoms with van der Waals surface area (Å²) in [6.07, 6.45) is 1.41. The van der Waals surface area contributed by atoms with Crippen LogP contribution in [0.1, 0.15) is 26.5 Å². The van der Waals surface area contributed by atoms with E-state index < -0.39 is 5.91 Å². The van der Waals surface area contributed by atoms with Crippen LogP contribution in [0.4, 0.5) is 27.4 Å². The number of benzene rings is 3. The highest BCUT2D eigenvalue weighted by atomic mass is 32.1. The van der Waals surface area contributed by atoms with Crippen molar-refractivity contribution < 1.29 is 13.9 Å². The lowest BCUT2D eigenvalue weighted by Gasteiger charge is -2.34. The van der Waals surface area contributed by atoms with Crippen LogP contribution < -0.4 is 20.3 Å². The van der Waals surface area contributed by atoms with E-state index >= 15 is 4.39 Å². The number of piperazine rings is 1. The molecule has 1 aliphatic rings. The summed E-state index contributed by atoms with van der Waals surface area (Å²) in [5.74, 6) is -0.0428. The maximum Gasteiger partial charge on any atom is 0.262 e. The minimum atomic E-state index is -0.410. The van der Waals surface area contributed by atoms with Crippen molar-refractivity contribution in [2.45, 2.75) is 20.8 Å². The fourth-order valence-electron chi connectivity index (χ4n) is 5.07. The zero-order valence-corrected chi connectivity index (χ0v) is 25.3. The Balaban J connectivity index is 1.30. The molecule has 5 aromatic rings. The number of nitrogens with zero attached hydrogens (tertiary/aromatic N) is 5. The maximum absolute atomic E-state index is 15.2. The predicted octanol–water partition coefficient (Wildman–Crippen LogP) is 6.69. The van der Waals surface area contributed by atoms with Gasteiger partial charge in [-0.3, -0.25) is 4.79 Å². The second-order valence-corrected chi connectivity index (χ2v) is 11.9. The van der Waals surface area contributed by atoms with Crippen molar-refractivity contribution in [2.75, 3.05) is 48.8 Å². The first-order chi connectivity index (χ1) is 20.7. The number of anilines is 4. The summed E-state index contributed by atoms with van der Waals surface area (Å²) in [7, 11) is 2.07. The number of rotatable bonds is 7. The number of carbonyl (C=O) groups is 1. The number of carbonyl (C=O) groups excluding carboxylic acids is 1. The summed E-state index contributed by atoms with van der Waals surface area (Å²) in [6.45, 7) is 9.11. The van der Waals surface area contributed by atoms with Crippen molar-refractivity contribution in [3.05, 3.63) is 88.3 Å². The highest BCUT2D eigenvalue weighted by Crippen LogP contribution is 2.31. The Hall–Kier alpha value is -4.61. The molecule has 1 saturated heterocycles. The Labute approximate surface area is 253 Å². The molecule has 43 heavy (non-hydrogen) atoms. The smallest absolute Gasteiger partial charge is 0.262 e. The lowest BCUT2D eigenvalue weighted by Crippen LogP contribution is -2.44. The minimum absolute atomic E-state index is 0.0575. The predicted molar refractivity (Wildman–Crippen MR) is 170 cm³/mol. The number of aromatic nitrogens is 3. The molecule has 0 aliphatic carbocycles. The molecule has 1 amide bonds. The van der Waals surface area contributed by atoms with E-state index in [1.54, 1.807) is 23.5 Å². The van der Waals surface area contributed by atoms with Crippen LogP contribution in [0.25, 0.3) is 10.2 Å². The van der Waals surface area contributed by atoms with Crippen LogP contribution in [0.5, 0.6) is 11.6 Å². The molecule has 1 aliphatic heterocycles. The number of para-hydroxylation sites is 1. The number of likely N-dealkylation sites (N-methyl/N-ethyl adjacent to an activating group) is 1. The normalized spacial score (nSPS) is 13.7. The molecule has 11 heteroatoms. The Morgan fingerprint density at radius 2 is 1.74 bits per heavy atom. The van der Waals surface area contributed by atoms with Gasteiger partial charge in [0, 0.05) is 49.8 Å². The summed E-state index contributed by atoms with van der Waals surface area (Å²) >= 11 is 1.59. The van der Waals surface area contributed by atoms with Crippen LogP contribution in [0.2, 0.25) is 0 Å². The Morgan fingerprint density at radius 1 is 0.977 bits per heavy atom. The third-order valence-corrected chi connectivity index (χ3v) is 8.40. The van der Waals surface area contributed by atoms with Gasteiger partial charge in [-0.05, 0) is 69.3 Å². The van der Waals surface area contributed by atoms with Crippen LogP contribution >= 0.6 is 11.3 Å². The summed E-state index contributed by atoms with van der Waals surface area (Å²) < 4.78 is 22.4. The van der Waals surface area contributed by atoms with E-state index in [0.29, 0.717) is 17.1 Å². The number of hydrogen-bond acceptors (Lipinski definition) is 9. The lowest BCUT2D eigenvalue weighted by atomic mass is 10.1. The van der Waals surface area contributed by atoms with Gasteiger partial charge in [-0.1, -0.05) is 18.2 Å². The highest BCUT2D eigenvalue weighted by Gasteiger charge is 2.21. The Kier molecular flexibility index (Phi) is 7.92. The number of aryl methyl sites for hydroxylation is 3. The zero-order valence-electron chi connectivity index (χ0n) is 24.4. The Bertz CT molecular complexity index is 1800. The SMILES string of the molecule is Cc1nc2cc(Oc3nc(Nc4ccc(N5CCN(C)CC5)c(F)c4)ncc3C(=O)Nc3c(C)cccc3C)ccc2s1. The molecule has 9 nitrogen and oxygen atoms in total. The summed E-state index contributed by atoms with van der Waals surface area (Å²) in [5, 5.41) is 6.99. The number of fused-ring (bicyclic) bond motifs is 1. The second kappa shape index (κ2) is 11.9. The van der Waals surface area contributed by atoms with Gasteiger partial charge in [0.1, 0.15) is 17.1 Å². The first-order valence-corrected chi connectivity index (χ1v) is 14.8. The number of hydrogen-bond donors (Lipinski definition) is 2. The molecule has 0 radical (unpaired) electrons. The average molecular weight is 598 g/mol. The largest absolute Gasteiger partial charge is 0.438 e. The van der Waals surface area contributed by atoms with E-state index in [1.165, 1.54) is 12.3 Å². The third-order valence-electron chi connectivity index (χ3n) is 7.45. The molecule has 3 heterocycles. The molecule has 0 atom stereocenters. The van der Waals surface area contributed by atoms with Gasteiger partial charge >= 0.3 is 0 Å². The van der Waals surface area contributed by atoms with E-state index in [1.807, 2.05) is 62.1 Å². The fourth-order valence-corrected chi connectivity index (χ4v) is 5.88. The van der Waals surface area contributed by atoms with Crippen molar-refractivity contribution in [3.63, 3.8) is 0 Å².